The van der Waals surface area contributed by atoms with Gasteiger partial charge in [0.1, 0.15) is 29.7 Å². The first-order valence-corrected chi connectivity index (χ1v) is 9.92. The van der Waals surface area contributed by atoms with Gasteiger partial charge < -0.3 is 24.7 Å². The fourth-order valence-electron chi connectivity index (χ4n) is 3.92. The van der Waals surface area contributed by atoms with Crippen LogP contribution in [0.5, 0.6) is 23.0 Å². The van der Waals surface area contributed by atoms with E-state index in [0.717, 1.165) is 22.4 Å². The van der Waals surface area contributed by atoms with Crippen molar-refractivity contribution in [1.82, 2.24) is 0 Å². The summed E-state index contributed by atoms with van der Waals surface area (Å²) in [5.74, 6) is 2.27. The smallest absolute Gasteiger partial charge is 0.231 e. The number of ether oxygens (including phenoxy) is 4. The third-order valence-electron chi connectivity index (χ3n) is 5.41. The molecule has 0 saturated heterocycles. The zero-order chi connectivity index (χ0) is 21.4. The Labute approximate surface area is 180 Å². The van der Waals surface area contributed by atoms with Gasteiger partial charge in [-0.05, 0) is 36.2 Å². The van der Waals surface area contributed by atoms with E-state index in [2.05, 4.69) is 25.1 Å². The minimum Gasteiger partial charge on any atom is -0.489 e. The summed E-state index contributed by atoms with van der Waals surface area (Å²) in [5, 5.41) is 9.75. The Balaban J connectivity index is 1.44. The maximum atomic E-state index is 9.75. The van der Waals surface area contributed by atoms with Gasteiger partial charge in [-0.2, -0.15) is 5.26 Å². The van der Waals surface area contributed by atoms with Crippen molar-refractivity contribution in [3.63, 3.8) is 0 Å². The molecule has 0 fully saturated rings. The van der Waals surface area contributed by atoms with Gasteiger partial charge in [-0.1, -0.05) is 42.0 Å². The van der Waals surface area contributed by atoms with E-state index in [9.17, 15) is 5.26 Å². The quantitative estimate of drug-likeness (QED) is 0.678. The van der Waals surface area contributed by atoms with Gasteiger partial charge in [0.15, 0.2) is 11.5 Å². The predicted molar refractivity (Wildman–Crippen MR) is 114 cm³/mol. The number of benzene rings is 3. The second-order valence-electron chi connectivity index (χ2n) is 7.51. The van der Waals surface area contributed by atoms with Gasteiger partial charge in [-0.3, -0.25) is 0 Å². The summed E-state index contributed by atoms with van der Waals surface area (Å²) in [6.45, 7) is 2.70. The van der Waals surface area contributed by atoms with Crippen molar-refractivity contribution in [1.29, 1.82) is 5.26 Å². The van der Waals surface area contributed by atoms with Gasteiger partial charge in [0.2, 0.25) is 12.7 Å². The van der Waals surface area contributed by atoms with Crippen LogP contribution in [0, 0.1) is 18.3 Å². The molecule has 0 unspecified atom stereocenters. The van der Waals surface area contributed by atoms with E-state index < -0.39 is 0 Å². The lowest BCUT2D eigenvalue weighted by atomic mass is 9.83. The number of fused-ring (bicyclic) bond motifs is 2. The highest BCUT2D eigenvalue weighted by atomic mass is 16.7. The van der Waals surface area contributed by atoms with Crippen molar-refractivity contribution in [2.75, 3.05) is 6.79 Å². The highest BCUT2D eigenvalue weighted by Gasteiger charge is 2.33. The van der Waals surface area contributed by atoms with Gasteiger partial charge in [0.05, 0.1) is 5.92 Å². The lowest BCUT2D eigenvalue weighted by Gasteiger charge is -2.26. The Morgan fingerprint density at radius 2 is 1.81 bits per heavy atom. The third kappa shape index (κ3) is 3.51. The second-order valence-corrected chi connectivity index (χ2v) is 7.51. The summed E-state index contributed by atoms with van der Waals surface area (Å²) in [5.41, 5.74) is 10.5. The first kappa shape index (κ1) is 18.9. The minimum absolute atomic E-state index is 0.0960. The summed E-state index contributed by atoms with van der Waals surface area (Å²) in [6.07, 6.45) is 0. The molecule has 2 aliphatic heterocycles. The van der Waals surface area contributed by atoms with Crippen molar-refractivity contribution in [3.8, 4) is 29.1 Å². The average molecular weight is 412 g/mol. The normalized spacial score (nSPS) is 16.3. The zero-order valence-electron chi connectivity index (χ0n) is 16.9. The van der Waals surface area contributed by atoms with E-state index in [1.807, 2.05) is 42.5 Å². The van der Waals surface area contributed by atoms with E-state index in [1.165, 1.54) is 5.56 Å². The SMILES string of the molecule is Cc1cccc(COc2ccc([C@H]3C(C#N)=C(N)Oc4cc5c(cc43)OCO5)cc2)c1. The second kappa shape index (κ2) is 7.62. The number of hydrogen-bond donors (Lipinski definition) is 1. The van der Waals surface area contributed by atoms with Crippen LogP contribution >= 0.6 is 0 Å². The largest absolute Gasteiger partial charge is 0.489 e. The van der Waals surface area contributed by atoms with Crippen molar-refractivity contribution in [2.24, 2.45) is 5.73 Å². The molecule has 2 N–H and O–H groups in total. The summed E-state index contributed by atoms with van der Waals surface area (Å²) in [6, 6.07) is 21.7. The number of aryl methyl sites for hydroxylation is 1. The predicted octanol–water partition coefficient (Wildman–Crippen LogP) is 4.52. The van der Waals surface area contributed by atoms with Crippen LogP contribution in [-0.4, -0.2) is 6.79 Å². The summed E-state index contributed by atoms with van der Waals surface area (Å²) in [7, 11) is 0. The molecule has 2 aliphatic rings. The molecule has 0 saturated carbocycles. The maximum absolute atomic E-state index is 9.75. The highest BCUT2D eigenvalue weighted by Crippen LogP contribution is 2.47. The average Bonchev–Trinajstić information content (AvgIpc) is 3.23. The molecule has 1 atom stereocenters. The molecule has 31 heavy (non-hydrogen) atoms. The van der Waals surface area contributed by atoms with E-state index in [1.54, 1.807) is 6.07 Å². The molecule has 5 rings (SSSR count). The minimum atomic E-state index is -0.367. The number of allylic oxidation sites excluding steroid dienone is 1. The van der Waals surface area contributed by atoms with Crippen molar-refractivity contribution >= 4 is 0 Å². The van der Waals surface area contributed by atoms with Gasteiger partial charge in [0, 0.05) is 11.6 Å². The van der Waals surface area contributed by atoms with Gasteiger partial charge in [-0.15, -0.1) is 0 Å². The van der Waals surface area contributed by atoms with Gasteiger partial charge in [0.25, 0.3) is 0 Å². The van der Waals surface area contributed by atoms with Crippen LogP contribution in [0.2, 0.25) is 0 Å². The number of hydrogen-bond acceptors (Lipinski definition) is 6. The summed E-state index contributed by atoms with van der Waals surface area (Å²) >= 11 is 0. The van der Waals surface area contributed by atoms with Crippen molar-refractivity contribution in [2.45, 2.75) is 19.4 Å². The standard InChI is InChI=1S/C25H20N2O4/c1-15-3-2-4-16(9-15)13-28-18-7-5-17(6-8-18)24-19-10-22-23(30-14-29-22)11-21(19)31-25(27)20(24)12-26/h2-11,24H,13-14,27H2,1H3/t24-/m1/s1. The molecule has 0 amide bonds. The van der Waals surface area contributed by atoms with Gasteiger partial charge in [-0.25, -0.2) is 0 Å². The molecule has 0 aromatic heterocycles. The van der Waals surface area contributed by atoms with Crippen LogP contribution in [0.15, 0.2) is 72.1 Å². The van der Waals surface area contributed by atoms with Gasteiger partial charge >= 0.3 is 0 Å². The molecule has 3 aromatic carbocycles. The number of nitrogens with zero attached hydrogens (tertiary/aromatic N) is 1. The molecule has 154 valence electrons. The van der Waals surface area contributed by atoms with Crippen LogP contribution in [0.4, 0.5) is 0 Å². The molecular weight excluding hydrogens is 392 g/mol. The summed E-state index contributed by atoms with van der Waals surface area (Å²) < 4.78 is 22.6. The van der Waals surface area contributed by atoms with Crippen molar-refractivity contribution < 1.29 is 18.9 Å². The van der Waals surface area contributed by atoms with Crippen LogP contribution in [-0.2, 0) is 6.61 Å². The molecule has 6 nitrogen and oxygen atoms in total. The van der Waals surface area contributed by atoms with E-state index in [4.69, 9.17) is 24.7 Å². The highest BCUT2D eigenvalue weighted by molar-refractivity contribution is 5.61. The lowest BCUT2D eigenvalue weighted by Crippen LogP contribution is -2.21. The fraction of sp³-hybridized carbons (Fsp3) is 0.160. The van der Waals surface area contributed by atoms with Crippen molar-refractivity contribution in [3.05, 3.63) is 94.4 Å². The number of nitriles is 1. The Hall–Kier alpha value is -4.11. The first-order valence-electron chi connectivity index (χ1n) is 9.92. The van der Waals surface area contributed by atoms with E-state index >= 15 is 0 Å². The lowest BCUT2D eigenvalue weighted by molar-refractivity contribution is 0.174. The van der Waals surface area contributed by atoms with Crippen LogP contribution in [0.25, 0.3) is 0 Å². The Kier molecular flexibility index (Phi) is 4.64. The Morgan fingerprint density at radius 1 is 1.03 bits per heavy atom. The molecule has 0 spiro atoms. The molecule has 6 heteroatoms. The molecule has 0 aliphatic carbocycles. The fourth-order valence-corrected chi connectivity index (χ4v) is 3.92. The van der Waals surface area contributed by atoms with Crippen LogP contribution in [0.1, 0.15) is 28.2 Å². The van der Waals surface area contributed by atoms with E-state index in [-0.39, 0.29) is 18.6 Å². The van der Waals surface area contributed by atoms with Crippen LogP contribution < -0.4 is 24.7 Å². The Morgan fingerprint density at radius 3 is 2.55 bits per heavy atom. The molecular formula is C25H20N2O4. The molecule has 3 aromatic rings. The molecule has 2 heterocycles. The number of nitrogens with two attached hydrogens (primary N) is 1. The summed E-state index contributed by atoms with van der Waals surface area (Å²) in [4.78, 5) is 0. The molecule has 0 radical (unpaired) electrons. The topological polar surface area (TPSA) is 86.7 Å². The number of rotatable bonds is 4. The third-order valence-corrected chi connectivity index (χ3v) is 5.41. The maximum Gasteiger partial charge on any atom is 0.231 e. The first-order chi connectivity index (χ1) is 15.1. The van der Waals surface area contributed by atoms with Crippen LogP contribution in [0.3, 0.4) is 0 Å². The monoisotopic (exact) mass is 412 g/mol. The van der Waals surface area contributed by atoms with E-state index in [0.29, 0.717) is 29.4 Å². The Bertz CT molecular complexity index is 1230. The molecule has 0 bridgehead atoms. The zero-order valence-corrected chi connectivity index (χ0v) is 16.9.